The number of pyridine rings is 1. The molecule has 1 N–H and O–H groups in total. The van der Waals surface area contributed by atoms with E-state index in [4.69, 9.17) is 25.5 Å². The molecule has 168 valence electrons. The van der Waals surface area contributed by atoms with Crippen molar-refractivity contribution in [3.8, 4) is 23.0 Å². The molecule has 0 unspecified atom stereocenters. The smallest absolute Gasteiger partial charge is 0.234 e. The van der Waals surface area contributed by atoms with Crippen LogP contribution in [0.5, 0.6) is 11.5 Å². The molecule has 0 aliphatic carbocycles. The summed E-state index contributed by atoms with van der Waals surface area (Å²) in [6.45, 7) is 1.06. The van der Waals surface area contributed by atoms with Gasteiger partial charge in [0, 0.05) is 35.6 Å². The van der Waals surface area contributed by atoms with Gasteiger partial charge in [-0.3, -0.25) is 4.98 Å². The van der Waals surface area contributed by atoms with Gasteiger partial charge in [0.15, 0.2) is 11.5 Å². The van der Waals surface area contributed by atoms with Crippen molar-refractivity contribution in [2.75, 3.05) is 18.5 Å². The molecule has 0 amide bonds. The number of oxazole rings is 1. The molecule has 0 atom stereocenters. The van der Waals surface area contributed by atoms with Crippen molar-refractivity contribution in [2.45, 2.75) is 16.5 Å². The van der Waals surface area contributed by atoms with Crippen molar-refractivity contribution in [2.24, 2.45) is 0 Å². The maximum Gasteiger partial charge on any atom is 0.234 e. The lowest BCUT2D eigenvalue weighted by Gasteiger charge is -2.18. The van der Waals surface area contributed by atoms with Crippen molar-refractivity contribution in [1.29, 1.82) is 0 Å². The lowest BCUT2D eigenvalue weighted by Crippen LogP contribution is -2.16. The van der Waals surface area contributed by atoms with Gasteiger partial charge in [-0.1, -0.05) is 17.7 Å². The van der Waals surface area contributed by atoms with Crippen LogP contribution in [0.15, 0.2) is 81.3 Å². The van der Waals surface area contributed by atoms with Gasteiger partial charge >= 0.3 is 0 Å². The van der Waals surface area contributed by atoms with Gasteiger partial charge in [0.1, 0.15) is 13.2 Å². The van der Waals surface area contributed by atoms with E-state index in [1.807, 2.05) is 6.07 Å². The van der Waals surface area contributed by atoms with Crippen molar-refractivity contribution >= 4 is 27.3 Å². The Bertz CT molecular complexity index is 1390. The van der Waals surface area contributed by atoms with Crippen LogP contribution in [0.2, 0.25) is 5.02 Å². The first kappa shape index (κ1) is 21.3. The van der Waals surface area contributed by atoms with E-state index in [-0.39, 0.29) is 21.7 Å². The second-order valence-electron chi connectivity index (χ2n) is 7.18. The number of aromatic nitrogens is 2. The van der Waals surface area contributed by atoms with E-state index in [0.717, 1.165) is 5.56 Å². The first-order valence-electron chi connectivity index (χ1n) is 10.0. The number of anilines is 1. The number of sulfone groups is 1. The Hall–Kier alpha value is -3.56. The molecular weight excluding hydrogens is 466 g/mol. The molecule has 5 rings (SSSR count). The number of fused-ring (bicyclic) bond motifs is 1. The Kier molecular flexibility index (Phi) is 5.65. The van der Waals surface area contributed by atoms with Gasteiger partial charge in [0.25, 0.3) is 0 Å². The quantitative estimate of drug-likeness (QED) is 0.424. The monoisotopic (exact) mass is 483 g/mol. The number of benzene rings is 2. The van der Waals surface area contributed by atoms with Crippen LogP contribution in [0.3, 0.4) is 0 Å². The Morgan fingerprint density at radius 1 is 1.00 bits per heavy atom. The summed E-state index contributed by atoms with van der Waals surface area (Å²) in [5.74, 6) is 1.04. The van der Waals surface area contributed by atoms with Gasteiger partial charge in [-0.2, -0.15) is 4.98 Å². The third kappa shape index (κ3) is 4.37. The minimum atomic E-state index is -4.05. The van der Waals surface area contributed by atoms with Crippen LogP contribution in [-0.4, -0.2) is 31.6 Å². The summed E-state index contributed by atoms with van der Waals surface area (Å²) in [6.07, 6.45) is 3.34. The van der Waals surface area contributed by atoms with E-state index < -0.39 is 9.84 Å². The van der Waals surface area contributed by atoms with Crippen LogP contribution in [0.4, 0.5) is 5.88 Å². The summed E-state index contributed by atoms with van der Waals surface area (Å²) >= 11 is 5.98. The zero-order valence-electron chi connectivity index (χ0n) is 17.2. The molecule has 4 aromatic rings. The molecule has 33 heavy (non-hydrogen) atoms. The molecule has 0 saturated heterocycles. The van der Waals surface area contributed by atoms with E-state index >= 15 is 0 Å². The fraction of sp³-hybridized carbons (Fsp3) is 0.130. The Labute approximate surface area is 195 Å². The van der Waals surface area contributed by atoms with Gasteiger partial charge < -0.3 is 19.2 Å². The Morgan fingerprint density at radius 2 is 1.79 bits per heavy atom. The molecule has 0 saturated carbocycles. The molecular formula is C23H18ClN3O5S. The minimum Gasteiger partial charge on any atom is -0.486 e. The predicted octanol–water partition coefficient (Wildman–Crippen LogP) is 4.61. The third-order valence-corrected chi connectivity index (χ3v) is 6.85. The number of ether oxygens (including phenoxy) is 2. The average Bonchev–Trinajstić information content (AvgIpc) is 3.29. The number of nitrogens with one attached hydrogen (secondary N) is 1. The van der Waals surface area contributed by atoms with Crippen molar-refractivity contribution in [1.82, 2.24) is 9.97 Å². The first-order valence-corrected chi connectivity index (χ1v) is 11.9. The minimum absolute atomic E-state index is 0.0205. The van der Waals surface area contributed by atoms with Crippen molar-refractivity contribution < 1.29 is 22.3 Å². The molecule has 2 aromatic carbocycles. The maximum atomic E-state index is 13.6. The highest BCUT2D eigenvalue weighted by atomic mass is 35.5. The average molecular weight is 484 g/mol. The van der Waals surface area contributed by atoms with Crippen LogP contribution >= 0.6 is 11.6 Å². The van der Waals surface area contributed by atoms with Crippen LogP contribution in [0.1, 0.15) is 5.56 Å². The third-order valence-electron chi connectivity index (χ3n) is 4.94. The number of halogens is 1. The summed E-state index contributed by atoms with van der Waals surface area (Å²) in [6, 6.07) is 14.9. The number of rotatable bonds is 6. The van der Waals surface area contributed by atoms with Gasteiger partial charge in [0.2, 0.25) is 26.6 Å². The fourth-order valence-electron chi connectivity index (χ4n) is 3.30. The fourth-order valence-corrected chi connectivity index (χ4v) is 4.72. The highest BCUT2D eigenvalue weighted by Gasteiger charge is 2.30. The molecule has 3 heterocycles. The van der Waals surface area contributed by atoms with E-state index in [2.05, 4.69) is 15.3 Å². The summed E-state index contributed by atoms with van der Waals surface area (Å²) in [4.78, 5) is 8.43. The zero-order valence-corrected chi connectivity index (χ0v) is 18.8. The standard InChI is InChI=1S/C23H18ClN3O5S/c24-17-5-3-16(4-6-17)21-27-23(22(32-21)26-14-15-2-1-9-25-13-15)33(28,29)18-7-8-19-20(12-18)31-11-10-30-19/h1-9,12-13,26H,10-11,14H2. The predicted molar refractivity (Wildman–Crippen MR) is 121 cm³/mol. The van der Waals surface area contributed by atoms with Gasteiger partial charge in [0.05, 0.1) is 4.90 Å². The van der Waals surface area contributed by atoms with E-state index in [1.165, 1.54) is 12.1 Å². The number of nitrogens with zero attached hydrogens (tertiary/aromatic N) is 2. The van der Waals surface area contributed by atoms with Gasteiger partial charge in [-0.05, 0) is 48.0 Å². The second kappa shape index (κ2) is 8.76. The van der Waals surface area contributed by atoms with Crippen molar-refractivity contribution in [3.63, 3.8) is 0 Å². The topological polar surface area (TPSA) is 104 Å². The van der Waals surface area contributed by atoms with Crippen LogP contribution in [0, 0.1) is 0 Å². The lowest BCUT2D eigenvalue weighted by atomic mass is 10.2. The summed E-state index contributed by atoms with van der Waals surface area (Å²) in [5, 5.41) is 3.36. The molecule has 1 aliphatic rings. The van der Waals surface area contributed by atoms with E-state index in [0.29, 0.717) is 41.8 Å². The van der Waals surface area contributed by atoms with Crippen molar-refractivity contribution in [3.05, 3.63) is 77.6 Å². The number of hydrogen-bond donors (Lipinski definition) is 1. The molecule has 8 nitrogen and oxygen atoms in total. The maximum absolute atomic E-state index is 13.6. The largest absolute Gasteiger partial charge is 0.486 e. The summed E-state index contributed by atoms with van der Waals surface area (Å²) < 4.78 is 44.0. The molecule has 1 aliphatic heterocycles. The number of hydrogen-bond acceptors (Lipinski definition) is 8. The Morgan fingerprint density at radius 3 is 2.55 bits per heavy atom. The molecule has 10 heteroatoms. The summed E-state index contributed by atoms with van der Waals surface area (Å²) in [7, 11) is -4.05. The highest BCUT2D eigenvalue weighted by Crippen LogP contribution is 2.37. The van der Waals surface area contributed by atoms with Crippen LogP contribution in [0.25, 0.3) is 11.5 Å². The zero-order chi connectivity index (χ0) is 22.8. The highest BCUT2D eigenvalue weighted by molar-refractivity contribution is 7.91. The lowest BCUT2D eigenvalue weighted by molar-refractivity contribution is 0.171. The van der Waals surface area contributed by atoms with Crippen LogP contribution < -0.4 is 14.8 Å². The SMILES string of the molecule is O=S(=O)(c1ccc2c(c1)OCCO2)c1nc(-c2ccc(Cl)cc2)oc1NCc1cccnc1. The molecule has 0 fully saturated rings. The van der Waals surface area contributed by atoms with E-state index in [1.54, 1.807) is 48.8 Å². The van der Waals surface area contributed by atoms with Gasteiger partial charge in [-0.15, -0.1) is 0 Å². The second-order valence-corrected chi connectivity index (χ2v) is 9.49. The molecule has 0 radical (unpaired) electrons. The Balaban J connectivity index is 1.55. The molecule has 2 aromatic heterocycles. The van der Waals surface area contributed by atoms with Gasteiger partial charge in [-0.25, -0.2) is 8.42 Å². The summed E-state index contributed by atoms with van der Waals surface area (Å²) in [5.41, 5.74) is 1.44. The molecule has 0 spiro atoms. The normalized spacial score (nSPS) is 13.0. The first-order chi connectivity index (χ1) is 16.0. The molecule has 0 bridgehead atoms. The van der Waals surface area contributed by atoms with E-state index in [9.17, 15) is 8.42 Å². The van der Waals surface area contributed by atoms with Crippen LogP contribution in [-0.2, 0) is 16.4 Å².